The Balaban J connectivity index is 1.29. The van der Waals surface area contributed by atoms with E-state index in [-0.39, 0.29) is 11.8 Å². The second kappa shape index (κ2) is 10.9. The first-order valence-electron chi connectivity index (χ1n) is 13.2. The molecule has 0 N–H and O–H groups in total. The van der Waals surface area contributed by atoms with E-state index >= 15 is 0 Å². The van der Waals surface area contributed by atoms with Crippen LogP contribution < -0.4 is 9.64 Å². The number of anilines is 1. The van der Waals surface area contributed by atoms with Crippen molar-refractivity contribution < 1.29 is 17.9 Å². The van der Waals surface area contributed by atoms with Crippen molar-refractivity contribution in [1.82, 2.24) is 14.5 Å². The Labute approximate surface area is 230 Å². The van der Waals surface area contributed by atoms with Gasteiger partial charge in [0.25, 0.3) is 0 Å². The summed E-state index contributed by atoms with van der Waals surface area (Å²) in [6.45, 7) is 1.41. The average molecular weight is 541 g/mol. The summed E-state index contributed by atoms with van der Waals surface area (Å²) in [5, 5.41) is 0. The van der Waals surface area contributed by atoms with Crippen molar-refractivity contribution >= 4 is 5.82 Å². The van der Waals surface area contributed by atoms with Crippen LogP contribution >= 0.6 is 0 Å². The maximum atomic E-state index is 12.8. The Hall–Kier alpha value is -4.59. The molecule has 0 bridgehead atoms. The van der Waals surface area contributed by atoms with E-state index in [1.807, 2.05) is 65.5 Å². The number of aromatic nitrogens is 3. The van der Waals surface area contributed by atoms with Crippen LogP contribution in [0.1, 0.15) is 30.0 Å². The topological polar surface area (TPSA) is 43.2 Å². The molecule has 1 aliphatic carbocycles. The van der Waals surface area contributed by atoms with Gasteiger partial charge in [-0.2, -0.15) is 0 Å². The van der Waals surface area contributed by atoms with Crippen molar-refractivity contribution in [2.45, 2.75) is 38.3 Å². The highest BCUT2D eigenvalue weighted by Crippen LogP contribution is 2.40. The first-order chi connectivity index (χ1) is 19.4. The second-order valence-corrected chi connectivity index (χ2v) is 9.90. The SMILES string of the molecule is FC(F)(F)Oc1cccc(-c2nc(-c3ccc(N(Cc4ccccc4)Cc4ccccc4)nc3)cn2C2CC2)c1. The molecular weight excluding hydrogens is 513 g/mol. The van der Waals surface area contributed by atoms with Crippen molar-refractivity contribution in [3.8, 4) is 28.4 Å². The molecule has 2 aromatic heterocycles. The summed E-state index contributed by atoms with van der Waals surface area (Å²) in [6, 6.07) is 30.8. The molecule has 2 heterocycles. The van der Waals surface area contributed by atoms with Gasteiger partial charge in [-0.25, -0.2) is 9.97 Å². The van der Waals surface area contributed by atoms with Gasteiger partial charge in [-0.3, -0.25) is 0 Å². The highest BCUT2D eigenvalue weighted by Gasteiger charge is 2.32. The number of alkyl halides is 3. The molecule has 3 aromatic carbocycles. The largest absolute Gasteiger partial charge is 0.573 e. The standard InChI is InChI=1S/C32H27F3N4O/c33-32(34,35)40-28-13-7-12-25(18-28)31-37-29(22-39(31)27-15-16-27)26-14-17-30(36-19-26)38(20-23-8-3-1-4-9-23)21-24-10-5-2-6-11-24/h1-14,17-19,22,27H,15-16,20-21H2. The highest BCUT2D eigenvalue weighted by molar-refractivity contribution is 5.66. The quantitative estimate of drug-likeness (QED) is 0.190. The van der Waals surface area contributed by atoms with Crippen molar-refractivity contribution in [3.63, 3.8) is 0 Å². The first-order valence-corrected chi connectivity index (χ1v) is 13.2. The Morgan fingerprint density at radius 1 is 0.800 bits per heavy atom. The van der Waals surface area contributed by atoms with E-state index < -0.39 is 6.36 Å². The summed E-state index contributed by atoms with van der Waals surface area (Å²) in [7, 11) is 0. The van der Waals surface area contributed by atoms with Crippen LogP contribution in [0.15, 0.2) is 109 Å². The molecule has 0 atom stereocenters. The second-order valence-electron chi connectivity index (χ2n) is 9.90. The lowest BCUT2D eigenvalue weighted by molar-refractivity contribution is -0.274. The minimum Gasteiger partial charge on any atom is -0.406 e. The monoisotopic (exact) mass is 540 g/mol. The Bertz CT molecular complexity index is 1520. The lowest BCUT2D eigenvalue weighted by Gasteiger charge is -2.24. The lowest BCUT2D eigenvalue weighted by atomic mass is 10.1. The molecule has 1 aliphatic rings. The molecule has 0 aliphatic heterocycles. The van der Waals surface area contributed by atoms with E-state index in [0.717, 1.165) is 29.9 Å². The summed E-state index contributed by atoms with van der Waals surface area (Å²) in [5.74, 6) is 1.19. The number of rotatable bonds is 9. The van der Waals surface area contributed by atoms with Gasteiger partial charge in [0.15, 0.2) is 0 Å². The van der Waals surface area contributed by atoms with Crippen LogP contribution in [0.2, 0.25) is 0 Å². The van der Waals surface area contributed by atoms with Crippen LogP contribution in [0, 0.1) is 0 Å². The molecule has 1 fully saturated rings. The summed E-state index contributed by atoms with van der Waals surface area (Å²) in [5.41, 5.74) is 4.51. The van der Waals surface area contributed by atoms with E-state index in [4.69, 9.17) is 9.97 Å². The Kier molecular flexibility index (Phi) is 6.99. The fourth-order valence-electron chi connectivity index (χ4n) is 4.76. The number of benzene rings is 3. The van der Waals surface area contributed by atoms with Gasteiger partial charge in [0.05, 0.1) is 5.69 Å². The first kappa shape index (κ1) is 25.7. The molecule has 5 aromatic rings. The van der Waals surface area contributed by atoms with Crippen LogP contribution in [0.5, 0.6) is 5.75 Å². The minimum absolute atomic E-state index is 0.264. The molecule has 1 saturated carbocycles. The van der Waals surface area contributed by atoms with Gasteiger partial charge in [0, 0.05) is 42.7 Å². The summed E-state index contributed by atoms with van der Waals surface area (Å²) in [4.78, 5) is 11.9. The zero-order valence-electron chi connectivity index (χ0n) is 21.6. The molecule has 8 heteroatoms. The number of nitrogens with zero attached hydrogens (tertiary/aromatic N) is 4. The Morgan fingerprint density at radius 3 is 2.05 bits per heavy atom. The molecule has 0 spiro atoms. The Morgan fingerprint density at radius 2 is 1.48 bits per heavy atom. The van der Waals surface area contributed by atoms with Crippen molar-refractivity contribution in [3.05, 3.63) is 121 Å². The molecule has 0 unspecified atom stereocenters. The van der Waals surface area contributed by atoms with E-state index in [2.05, 4.69) is 33.9 Å². The number of ether oxygens (including phenoxy) is 1. The molecule has 0 radical (unpaired) electrons. The van der Waals surface area contributed by atoms with Crippen LogP contribution in [-0.2, 0) is 13.1 Å². The number of hydrogen-bond donors (Lipinski definition) is 0. The van der Waals surface area contributed by atoms with Crippen LogP contribution in [0.3, 0.4) is 0 Å². The summed E-state index contributed by atoms with van der Waals surface area (Å²) < 4.78 is 44.6. The zero-order chi connectivity index (χ0) is 27.5. The van der Waals surface area contributed by atoms with Gasteiger partial charge in [-0.15, -0.1) is 13.2 Å². The average Bonchev–Trinajstić information content (AvgIpc) is 3.71. The molecule has 202 valence electrons. The fourth-order valence-corrected chi connectivity index (χ4v) is 4.76. The summed E-state index contributed by atoms with van der Waals surface area (Å²) >= 11 is 0. The van der Waals surface area contributed by atoms with Gasteiger partial charge in [0.2, 0.25) is 0 Å². The van der Waals surface area contributed by atoms with Gasteiger partial charge < -0.3 is 14.2 Å². The third kappa shape index (κ3) is 6.17. The maximum Gasteiger partial charge on any atom is 0.573 e. The van der Waals surface area contributed by atoms with E-state index in [9.17, 15) is 13.2 Å². The number of hydrogen-bond acceptors (Lipinski definition) is 4. The molecule has 40 heavy (non-hydrogen) atoms. The third-order valence-electron chi connectivity index (χ3n) is 6.80. The van der Waals surface area contributed by atoms with Gasteiger partial charge >= 0.3 is 6.36 Å². The number of halogens is 3. The van der Waals surface area contributed by atoms with Crippen molar-refractivity contribution in [2.24, 2.45) is 0 Å². The van der Waals surface area contributed by atoms with Gasteiger partial charge in [0.1, 0.15) is 17.4 Å². The lowest BCUT2D eigenvalue weighted by Crippen LogP contribution is -2.23. The number of pyridine rings is 1. The molecular formula is C32H27F3N4O. The smallest absolute Gasteiger partial charge is 0.406 e. The molecule has 5 nitrogen and oxygen atoms in total. The molecule has 0 saturated heterocycles. The molecule has 0 amide bonds. The van der Waals surface area contributed by atoms with E-state index in [1.165, 1.54) is 23.3 Å². The van der Waals surface area contributed by atoms with Crippen molar-refractivity contribution in [2.75, 3.05) is 4.90 Å². The fraction of sp³-hybridized carbons (Fsp3) is 0.188. The predicted molar refractivity (Wildman–Crippen MR) is 149 cm³/mol. The maximum absolute atomic E-state index is 12.8. The van der Waals surface area contributed by atoms with Gasteiger partial charge in [-0.1, -0.05) is 72.8 Å². The van der Waals surface area contributed by atoms with Crippen LogP contribution in [-0.4, -0.2) is 20.9 Å². The zero-order valence-corrected chi connectivity index (χ0v) is 21.6. The van der Waals surface area contributed by atoms with E-state index in [0.29, 0.717) is 24.5 Å². The number of imidazole rings is 1. The van der Waals surface area contributed by atoms with Crippen molar-refractivity contribution in [1.29, 1.82) is 0 Å². The van der Waals surface area contributed by atoms with Crippen LogP contribution in [0.4, 0.5) is 19.0 Å². The van der Waals surface area contributed by atoms with E-state index in [1.54, 1.807) is 12.1 Å². The summed E-state index contributed by atoms with van der Waals surface area (Å²) in [6.07, 6.45) is 1.04. The predicted octanol–water partition coefficient (Wildman–Crippen LogP) is 8.05. The van der Waals surface area contributed by atoms with Gasteiger partial charge in [-0.05, 0) is 48.2 Å². The highest BCUT2D eigenvalue weighted by atomic mass is 19.4. The normalized spacial score (nSPS) is 13.3. The van der Waals surface area contributed by atoms with Crippen LogP contribution in [0.25, 0.3) is 22.6 Å². The third-order valence-corrected chi connectivity index (χ3v) is 6.80. The molecule has 6 rings (SSSR count). The minimum atomic E-state index is -4.75.